The minimum absolute atomic E-state index is 0.0406. The van der Waals surface area contributed by atoms with E-state index in [2.05, 4.69) is 6.92 Å². The third-order valence-corrected chi connectivity index (χ3v) is 4.24. The Labute approximate surface area is 92.0 Å². The Balaban J connectivity index is 2.04. The first-order chi connectivity index (χ1) is 7.18. The summed E-state index contributed by atoms with van der Waals surface area (Å²) < 4.78 is 5.58. The zero-order valence-corrected chi connectivity index (χ0v) is 9.61. The first-order valence-corrected chi connectivity index (χ1v) is 6.18. The van der Waals surface area contributed by atoms with Gasteiger partial charge in [-0.1, -0.05) is 13.3 Å². The van der Waals surface area contributed by atoms with Crippen LogP contribution in [0.1, 0.15) is 39.0 Å². The standard InChI is InChI=1S/C12H23NO2/c1-9-4-5-12(7-9,8-13)11(14)10-3-2-6-15-10/h9-11,14H,2-8,13H2,1H3. The van der Waals surface area contributed by atoms with Gasteiger partial charge in [0.15, 0.2) is 0 Å². The highest BCUT2D eigenvalue weighted by atomic mass is 16.5. The van der Waals surface area contributed by atoms with Crippen molar-refractivity contribution >= 4 is 0 Å². The highest BCUT2D eigenvalue weighted by molar-refractivity contribution is 4.97. The van der Waals surface area contributed by atoms with Crippen molar-refractivity contribution in [3.8, 4) is 0 Å². The van der Waals surface area contributed by atoms with Gasteiger partial charge in [-0.05, 0) is 31.6 Å². The molecule has 4 atom stereocenters. The molecule has 3 N–H and O–H groups in total. The predicted molar refractivity (Wildman–Crippen MR) is 59.5 cm³/mol. The van der Waals surface area contributed by atoms with Crippen molar-refractivity contribution in [2.45, 2.75) is 51.2 Å². The van der Waals surface area contributed by atoms with Gasteiger partial charge in [0.2, 0.25) is 0 Å². The van der Waals surface area contributed by atoms with Crippen LogP contribution in [0.2, 0.25) is 0 Å². The lowest BCUT2D eigenvalue weighted by Gasteiger charge is -2.36. The maximum Gasteiger partial charge on any atom is 0.0870 e. The van der Waals surface area contributed by atoms with E-state index in [4.69, 9.17) is 10.5 Å². The molecule has 2 fully saturated rings. The molecule has 1 saturated carbocycles. The van der Waals surface area contributed by atoms with E-state index in [1.54, 1.807) is 0 Å². The van der Waals surface area contributed by atoms with Crippen LogP contribution >= 0.6 is 0 Å². The van der Waals surface area contributed by atoms with Crippen molar-refractivity contribution in [3.63, 3.8) is 0 Å². The van der Waals surface area contributed by atoms with Crippen LogP contribution in [0.4, 0.5) is 0 Å². The fraction of sp³-hybridized carbons (Fsp3) is 1.00. The second-order valence-corrected chi connectivity index (χ2v) is 5.41. The number of hydrogen-bond donors (Lipinski definition) is 2. The van der Waals surface area contributed by atoms with E-state index in [9.17, 15) is 5.11 Å². The van der Waals surface area contributed by atoms with Crippen LogP contribution in [0.5, 0.6) is 0 Å². The monoisotopic (exact) mass is 213 g/mol. The maximum absolute atomic E-state index is 10.4. The van der Waals surface area contributed by atoms with Crippen molar-refractivity contribution in [1.29, 1.82) is 0 Å². The summed E-state index contributed by atoms with van der Waals surface area (Å²) in [6.07, 6.45) is 5.08. The Morgan fingerprint density at radius 2 is 2.33 bits per heavy atom. The summed E-state index contributed by atoms with van der Waals surface area (Å²) in [5.74, 6) is 0.699. The van der Waals surface area contributed by atoms with Crippen LogP contribution in [-0.4, -0.2) is 30.5 Å². The lowest BCUT2D eigenvalue weighted by Crippen LogP contribution is -2.46. The maximum atomic E-state index is 10.4. The first kappa shape index (κ1) is 11.4. The van der Waals surface area contributed by atoms with Gasteiger partial charge in [-0.2, -0.15) is 0 Å². The van der Waals surface area contributed by atoms with Gasteiger partial charge in [-0.15, -0.1) is 0 Å². The Hall–Kier alpha value is -0.120. The molecule has 1 heterocycles. The second kappa shape index (κ2) is 4.40. The molecule has 2 aliphatic rings. The fourth-order valence-corrected chi connectivity index (χ4v) is 3.25. The van der Waals surface area contributed by atoms with Gasteiger partial charge >= 0.3 is 0 Å². The number of hydrogen-bond acceptors (Lipinski definition) is 3. The van der Waals surface area contributed by atoms with Crippen molar-refractivity contribution in [2.75, 3.05) is 13.2 Å². The number of rotatable bonds is 3. The fourth-order valence-electron chi connectivity index (χ4n) is 3.25. The summed E-state index contributed by atoms with van der Waals surface area (Å²) in [6.45, 7) is 3.65. The number of nitrogens with two attached hydrogens (primary N) is 1. The predicted octanol–water partition coefficient (Wildman–Crippen LogP) is 1.29. The molecular formula is C12H23NO2. The molecule has 0 amide bonds. The minimum atomic E-state index is -0.352. The van der Waals surface area contributed by atoms with Gasteiger partial charge in [0.05, 0.1) is 12.2 Å². The molecule has 0 radical (unpaired) electrons. The molecule has 1 aliphatic heterocycles. The normalized spacial score (nSPS) is 43.4. The molecule has 0 aromatic carbocycles. The van der Waals surface area contributed by atoms with Crippen molar-refractivity contribution in [1.82, 2.24) is 0 Å². The average Bonchev–Trinajstić information content (AvgIpc) is 2.86. The van der Waals surface area contributed by atoms with Crippen LogP contribution in [0, 0.1) is 11.3 Å². The van der Waals surface area contributed by atoms with E-state index in [0.29, 0.717) is 12.5 Å². The molecule has 15 heavy (non-hydrogen) atoms. The molecule has 1 aliphatic carbocycles. The van der Waals surface area contributed by atoms with E-state index in [1.807, 2.05) is 0 Å². The highest BCUT2D eigenvalue weighted by Gasteiger charge is 2.46. The summed E-state index contributed by atoms with van der Waals surface area (Å²) in [7, 11) is 0. The summed E-state index contributed by atoms with van der Waals surface area (Å²) in [5, 5.41) is 10.4. The van der Waals surface area contributed by atoms with Crippen LogP contribution in [0.25, 0.3) is 0 Å². The van der Waals surface area contributed by atoms with E-state index >= 15 is 0 Å². The lowest BCUT2D eigenvalue weighted by molar-refractivity contribution is -0.0707. The zero-order valence-electron chi connectivity index (χ0n) is 9.61. The SMILES string of the molecule is CC1CCC(CN)(C(O)C2CCCO2)C1. The zero-order chi connectivity index (χ0) is 10.9. The van der Waals surface area contributed by atoms with Crippen molar-refractivity contribution < 1.29 is 9.84 Å². The molecule has 4 unspecified atom stereocenters. The summed E-state index contributed by atoms with van der Waals surface area (Å²) in [6, 6.07) is 0. The molecule has 0 bridgehead atoms. The van der Waals surface area contributed by atoms with Gasteiger partial charge in [-0.3, -0.25) is 0 Å². The molecular weight excluding hydrogens is 190 g/mol. The number of aliphatic hydroxyl groups is 1. The molecule has 0 spiro atoms. The van der Waals surface area contributed by atoms with Gasteiger partial charge in [-0.25, -0.2) is 0 Å². The van der Waals surface area contributed by atoms with Crippen molar-refractivity contribution in [2.24, 2.45) is 17.1 Å². The minimum Gasteiger partial charge on any atom is -0.390 e. The lowest BCUT2D eigenvalue weighted by atomic mass is 9.77. The Bertz CT molecular complexity index is 216. The summed E-state index contributed by atoms with van der Waals surface area (Å²) in [5.41, 5.74) is 5.82. The Morgan fingerprint density at radius 3 is 2.80 bits per heavy atom. The van der Waals surface area contributed by atoms with Gasteiger partial charge in [0.25, 0.3) is 0 Å². The summed E-state index contributed by atoms with van der Waals surface area (Å²) in [4.78, 5) is 0. The number of aliphatic hydroxyl groups excluding tert-OH is 1. The van der Waals surface area contributed by atoms with Crippen LogP contribution in [0.3, 0.4) is 0 Å². The van der Waals surface area contributed by atoms with E-state index < -0.39 is 0 Å². The average molecular weight is 213 g/mol. The van der Waals surface area contributed by atoms with Gasteiger partial charge in [0, 0.05) is 18.6 Å². The summed E-state index contributed by atoms with van der Waals surface area (Å²) >= 11 is 0. The van der Waals surface area contributed by atoms with Crippen LogP contribution in [-0.2, 0) is 4.74 Å². The van der Waals surface area contributed by atoms with E-state index in [0.717, 1.165) is 32.3 Å². The Morgan fingerprint density at radius 1 is 1.53 bits per heavy atom. The molecule has 3 heteroatoms. The van der Waals surface area contributed by atoms with Crippen LogP contribution < -0.4 is 5.73 Å². The molecule has 2 rings (SSSR count). The van der Waals surface area contributed by atoms with Gasteiger partial charge in [0.1, 0.15) is 0 Å². The third kappa shape index (κ3) is 2.05. The molecule has 88 valence electrons. The molecule has 0 aromatic rings. The van der Waals surface area contributed by atoms with Crippen LogP contribution in [0.15, 0.2) is 0 Å². The first-order valence-electron chi connectivity index (χ1n) is 6.18. The second-order valence-electron chi connectivity index (χ2n) is 5.41. The van der Waals surface area contributed by atoms with E-state index in [-0.39, 0.29) is 17.6 Å². The quantitative estimate of drug-likeness (QED) is 0.743. The molecule has 3 nitrogen and oxygen atoms in total. The van der Waals surface area contributed by atoms with E-state index in [1.165, 1.54) is 6.42 Å². The largest absolute Gasteiger partial charge is 0.390 e. The third-order valence-electron chi connectivity index (χ3n) is 4.24. The Kier molecular flexibility index (Phi) is 3.33. The topological polar surface area (TPSA) is 55.5 Å². The highest BCUT2D eigenvalue weighted by Crippen LogP contribution is 2.45. The number of ether oxygens (including phenoxy) is 1. The van der Waals surface area contributed by atoms with Crippen molar-refractivity contribution in [3.05, 3.63) is 0 Å². The van der Waals surface area contributed by atoms with Gasteiger partial charge < -0.3 is 15.6 Å². The molecule has 0 aromatic heterocycles. The molecule has 1 saturated heterocycles. The smallest absolute Gasteiger partial charge is 0.0870 e.